The van der Waals surface area contributed by atoms with Crippen molar-refractivity contribution in [1.29, 1.82) is 0 Å². The van der Waals surface area contributed by atoms with Crippen LogP contribution >= 0.6 is 11.6 Å². The number of benzene rings is 2. The highest BCUT2D eigenvalue weighted by molar-refractivity contribution is 6.30. The van der Waals surface area contributed by atoms with Gasteiger partial charge in [-0.1, -0.05) is 29.7 Å². The molecule has 0 radical (unpaired) electrons. The van der Waals surface area contributed by atoms with Gasteiger partial charge in [-0.2, -0.15) is 4.98 Å². The Morgan fingerprint density at radius 2 is 1.93 bits per heavy atom. The summed E-state index contributed by atoms with van der Waals surface area (Å²) in [6.45, 7) is 2.07. The van der Waals surface area contributed by atoms with Crippen molar-refractivity contribution in [3.8, 4) is 22.9 Å². The maximum absolute atomic E-state index is 12.8. The molecule has 0 saturated carbocycles. The van der Waals surface area contributed by atoms with Gasteiger partial charge in [0.15, 0.2) is 6.10 Å². The van der Waals surface area contributed by atoms with E-state index in [9.17, 15) is 4.79 Å². The third kappa shape index (κ3) is 5.26. The van der Waals surface area contributed by atoms with E-state index in [1.54, 1.807) is 50.6 Å². The number of methoxy groups -OCH3 is 1. The average Bonchev–Trinajstić information content (AvgIpc) is 3.20. The highest BCUT2D eigenvalue weighted by Crippen LogP contribution is 2.22. The molecule has 3 rings (SSSR count). The van der Waals surface area contributed by atoms with E-state index in [2.05, 4.69) is 10.1 Å². The minimum Gasteiger partial charge on any atom is -0.497 e. The van der Waals surface area contributed by atoms with Crippen molar-refractivity contribution in [2.24, 2.45) is 0 Å². The second kappa shape index (κ2) is 9.43. The fraction of sp³-hybridized carbons (Fsp3) is 0.286. The van der Waals surface area contributed by atoms with E-state index in [0.29, 0.717) is 34.7 Å². The normalized spacial score (nSPS) is 11.7. The van der Waals surface area contributed by atoms with E-state index >= 15 is 0 Å². The number of aromatic nitrogens is 2. The lowest BCUT2D eigenvalue weighted by Crippen LogP contribution is -2.39. The van der Waals surface area contributed by atoms with Crippen molar-refractivity contribution >= 4 is 17.5 Å². The van der Waals surface area contributed by atoms with Crippen molar-refractivity contribution in [2.45, 2.75) is 26.0 Å². The molecule has 0 spiro atoms. The molecule has 0 bridgehead atoms. The molecule has 0 unspecified atom stereocenters. The van der Waals surface area contributed by atoms with E-state index in [0.717, 1.165) is 5.56 Å². The molecule has 1 aromatic heterocycles. The van der Waals surface area contributed by atoms with Crippen molar-refractivity contribution < 1.29 is 18.8 Å². The van der Waals surface area contributed by atoms with Crippen molar-refractivity contribution in [3.63, 3.8) is 0 Å². The molecule has 0 aliphatic carbocycles. The Morgan fingerprint density at radius 1 is 1.21 bits per heavy atom. The van der Waals surface area contributed by atoms with Gasteiger partial charge in [-0.05, 0) is 42.8 Å². The molecule has 8 heteroatoms. The number of amides is 1. The van der Waals surface area contributed by atoms with Gasteiger partial charge >= 0.3 is 0 Å². The Kier molecular flexibility index (Phi) is 6.72. The summed E-state index contributed by atoms with van der Waals surface area (Å²) in [4.78, 5) is 18.7. The number of hydrogen-bond donors (Lipinski definition) is 0. The molecule has 3 aromatic rings. The van der Waals surface area contributed by atoms with E-state index in [1.165, 1.54) is 4.90 Å². The van der Waals surface area contributed by atoms with E-state index < -0.39 is 6.10 Å². The van der Waals surface area contributed by atoms with Gasteiger partial charge in [0.25, 0.3) is 5.91 Å². The zero-order chi connectivity index (χ0) is 20.8. The highest BCUT2D eigenvalue weighted by atomic mass is 35.5. The predicted molar refractivity (Wildman–Crippen MR) is 109 cm³/mol. The Balaban J connectivity index is 1.65. The minimum absolute atomic E-state index is 0.178. The first-order chi connectivity index (χ1) is 14.0. The van der Waals surface area contributed by atoms with E-state index in [4.69, 9.17) is 25.6 Å². The minimum atomic E-state index is -0.634. The monoisotopic (exact) mass is 415 g/mol. The van der Waals surface area contributed by atoms with Gasteiger partial charge in [0.2, 0.25) is 11.7 Å². The Morgan fingerprint density at radius 3 is 2.62 bits per heavy atom. The lowest BCUT2D eigenvalue weighted by atomic mass is 10.2. The lowest BCUT2D eigenvalue weighted by Gasteiger charge is -2.22. The maximum Gasteiger partial charge on any atom is 0.263 e. The number of carbonyl (C=O) groups excluding carboxylic acids is 1. The molecule has 0 saturated heterocycles. The molecule has 1 atom stereocenters. The number of likely N-dealkylation sites (N-methyl/N-ethyl adjacent to an activating group) is 1. The van der Waals surface area contributed by atoms with Gasteiger partial charge in [-0.25, -0.2) is 0 Å². The van der Waals surface area contributed by atoms with Gasteiger partial charge in [-0.3, -0.25) is 4.79 Å². The van der Waals surface area contributed by atoms with Crippen LogP contribution in [0.2, 0.25) is 5.02 Å². The molecule has 0 aliphatic heterocycles. The number of nitrogens with zero attached hydrogens (tertiary/aromatic N) is 3. The smallest absolute Gasteiger partial charge is 0.263 e. The van der Waals surface area contributed by atoms with Gasteiger partial charge < -0.3 is 18.9 Å². The summed E-state index contributed by atoms with van der Waals surface area (Å²) in [6.07, 6.45) is -0.119. The van der Waals surface area contributed by atoms with Crippen LogP contribution in [0.15, 0.2) is 53.1 Å². The van der Waals surface area contributed by atoms with Crippen molar-refractivity contribution in [2.75, 3.05) is 14.2 Å². The first-order valence-corrected chi connectivity index (χ1v) is 9.52. The van der Waals surface area contributed by atoms with Crippen LogP contribution in [0.25, 0.3) is 11.4 Å². The van der Waals surface area contributed by atoms with Crippen LogP contribution < -0.4 is 9.47 Å². The van der Waals surface area contributed by atoms with Crippen LogP contribution in [0.1, 0.15) is 19.2 Å². The quantitative estimate of drug-likeness (QED) is 0.548. The Hall–Kier alpha value is -3.06. The number of hydrogen-bond acceptors (Lipinski definition) is 6. The fourth-order valence-electron chi connectivity index (χ4n) is 2.71. The molecule has 152 valence electrons. The number of rotatable bonds is 8. The van der Waals surface area contributed by atoms with Crippen LogP contribution in [0, 0.1) is 0 Å². The van der Waals surface area contributed by atoms with Crippen LogP contribution in [0.3, 0.4) is 0 Å². The van der Waals surface area contributed by atoms with Crippen LogP contribution in [0.5, 0.6) is 11.5 Å². The zero-order valence-corrected chi connectivity index (χ0v) is 17.2. The maximum atomic E-state index is 12.8. The molecule has 7 nitrogen and oxygen atoms in total. The molecular formula is C21H22ClN3O4. The largest absolute Gasteiger partial charge is 0.497 e. The molecule has 2 aromatic carbocycles. The summed E-state index contributed by atoms with van der Waals surface area (Å²) in [7, 11) is 3.25. The first kappa shape index (κ1) is 20.7. The van der Waals surface area contributed by atoms with E-state index in [-0.39, 0.29) is 12.5 Å². The van der Waals surface area contributed by atoms with Gasteiger partial charge in [0.05, 0.1) is 13.7 Å². The summed E-state index contributed by atoms with van der Waals surface area (Å²) in [5, 5.41) is 4.60. The Labute approximate surface area is 174 Å². The fourth-order valence-corrected chi connectivity index (χ4v) is 2.84. The Bertz CT molecular complexity index is 959. The van der Waals surface area contributed by atoms with Crippen molar-refractivity contribution in [3.05, 3.63) is 59.4 Å². The van der Waals surface area contributed by atoms with Crippen LogP contribution in [-0.2, 0) is 11.3 Å². The predicted octanol–water partition coefficient (Wildman–Crippen LogP) is 4.21. The molecule has 0 fully saturated rings. The summed E-state index contributed by atoms with van der Waals surface area (Å²) in [5.74, 6) is 1.83. The van der Waals surface area contributed by atoms with Gasteiger partial charge in [0, 0.05) is 23.7 Å². The van der Waals surface area contributed by atoms with Gasteiger partial charge in [0.1, 0.15) is 11.5 Å². The summed E-state index contributed by atoms with van der Waals surface area (Å²) >= 11 is 5.90. The second-order valence-electron chi connectivity index (χ2n) is 6.41. The lowest BCUT2D eigenvalue weighted by molar-refractivity contribution is -0.138. The molecule has 1 heterocycles. The van der Waals surface area contributed by atoms with E-state index in [1.807, 2.05) is 19.1 Å². The summed E-state index contributed by atoms with van der Waals surface area (Å²) in [5.41, 5.74) is 0.783. The molecule has 0 aliphatic rings. The number of ether oxygens (including phenoxy) is 2. The topological polar surface area (TPSA) is 77.7 Å². The highest BCUT2D eigenvalue weighted by Gasteiger charge is 2.24. The SMILES string of the molecule is CC[C@H](Oc1cccc(OC)c1)C(=O)N(C)Cc1nc(-c2ccc(Cl)cc2)no1. The van der Waals surface area contributed by atoms with Gasteiger partial charge in [-0.15, -0.1) is 0 Å². The zero-order valence-electron chi connectivity index (χ0n) is 16.5. The summed E-state index contributed by atoms with van der Waals surface area (Å²) in [6, 6.07) is 14.3. The molecule has 0 N–H and O–H groups in total. The standard InChI is InChI=1S/C21H22ClN3O4/c1-4-18(28-17-7-5-6-16(12-17)27-3)21(26)25(2)13-19-23-20(24-29-19)14-8-10-15(22)11-9-14/h5-12,18H,4,13H2,1-3H3/t18-/m0/s1. The molecule has 1 amide bonds. The number of carbonyl (C=O) groups is 1. The second-order valence-corrected chi connectivity index (χ2v) is 6.84. The third-order valence-electron chi connectivity index (χ3n) is 4.28. The molecular weight excluding hydrogens is 394 g/mol. The molecule has 29 heavy (non-hydrogen) atoms. The first-order valence-electron chi connectivity index (χ1n) is 9.14. The van der Waals surface area contributed by atoms with Crippen molar-refractivity contribution in [1.82, 2.24) is 15.0 Å². The summed E-state index contributed by atoms with van der Waals surface area (Å²) < 4.78 is 16.3. The average molecular weight is 416 g/mol. The third-order valence-corrected chi connectivity index (χ3v) is 4.54. The van der Waals surface area contributed by atoms with Crippen LogP contribution in [0.4, 0.5) is 0 Å². The van der Waals surface area contributed by atoms with Crippen LogP contribution in [-0.4, -0.2) is 41.2 Å². The number of halogens is 1.